The van der Waals surface area contributed by atoms with Crippen LogP contribution in [0.3, 0.4) is 0 Å². The summed E-state index contributed by atoms with van der Waals surface area (Å²) in [4.78, 5) is 63.6. The van der Waals surface area contributed by atoms with Gasteiger partial charge in [0.15, 0.2) is 6.61 Å². The van der Waals surface area contributed by atoms with Crippen molar-refractivity contribution in [2.45, 2.75) is 46.1 Å². The van der Waals surface area contributed by atoms with E-state index in [1.54, 1.807) is 38.1 Å². The number of fused-ring (bicyclic) bond motifs is 5. The molecule has 9 heteroatoms. The number of nitrogens with one attached hydrogen (secondary N) is 2. The molecule has 4 amide bonds. The first-order chi connectivity index (χ1) is 15.7. The average Bonchev–Trinajstić information content (AvgIpc) is 3.43. The minimum atomic E-state index is -1.04. The van der Waals surface area contributed by atoms with Crippen LogP contribution < -0.4 is 10.6 Å². The Morgan fingerprint density at radius 1 is 0.970 bits per heavy atom. The summed E-state index contributed by atoms with van der Waals surface area (Å²) >= 11 is 0. The van der Waals surface area contributed by atoms with E-state index < -0.39 is 24.5 Å². The first-order valence-corrected chi connectivity index (χ1v) is 11.4. The maximum absolute atomic E-state index is 13.1. The van der Waals surface area contributed by atoms with Gasteiger partial charge in [0, 0.05) is 18.3 Å². The van der Waals surface area contributed by atoms with Crippen LogP contribution in [-0.2, 0) is 28.7 Å². The molecule has 5 atom stereocenters. The molecule has 2 aliphatic carbocycles. The SMILES string of the molecule is CC(=O)Nc1ccc(NC(=O)COC(=O)[C@H](C(C)C)N2C(=O)[C@@H]3[C@H]4CC[C@@H](C4)[C@@H]3C2=O)cc1. The molecule has 176 valence electrons. The van der Waals surface area contributed by atoms with E-state index in [0.29, 0.717) is 11.4 Å². The Labute approximate surface area is 192 Å². The molecule has 0 spiro atoms. The van der Waals surface area contributed by atoms with E-state index >= 15 is 0 Å². The van der Waals surface area contributed by atoms with Crippen LogP contribution >= 0.6 is 0 Å². The van der Waals surface area contributed by atoms with Crippen molar-refractivity contribution in [3.8, 4) is 0 Å². The average molecular weight is 456 g/mol. The van der Waals surface area contributed by atoms with Gasteiger partial charge in [0.25, 0.3) is 5.91 Å². The number of anilines is 2. The number of hydrogen-bond acceptors (Lipinski definition) is 6. The highest BCUT2D eigenvalue weighted by molar-refractivity contribution is 6.08. The van der Waals surface area contributed by atoms with Gasteiger partial charge in [-0.15, -0.1) is 0 Å². The quantitative estimate of drug-likeness (QED) is 0.480. The molecule has 2 saturated carbocycles. The Kier molecular flexibility index (Phi) is 6.23. The number of likely N-dealkylation sites (tertiary alicyclic amines) is 1. The number of carbonyl (C=O) groups excluding carboxylic acids is 5. The van der Waals surface area contributed by atoms with E-state index in [2.05, 4.69) is 10.6 Å². The number of ether oxygens (including phenoxy) is 1. The largest absolute Gasteiger partial charge is 0.454 e. The molecule has 0 unspecified atom stereocenters. The number of benzene rings is 1. The molecule has 33 heavy (non-hydrogen) atoms. The van der Waals surface area contributed by atoms with Crippen molar-refractivity contribution >= 4 is 41.0 Å². The Morgan fingerprint density at radius 3 is 1.97 bits per heavy atom. The predicted molar refractivity (Wildman–Crippen MR) is 119 cm³/mol. The number of imide groups is 1. The Balaban J connectivity index is 1.36. The van der Waals surface area contributed by atoms with E-state index in [1.807, 2.05) is 0 Å². The Hall–Kier alpha value is -3.23. The normalized spacial score (nSPS) is 26.4. The fourth-order valence-corrected chi connectivity index (χ4v) is 5.64. The third kappa shape index (κ3) is 4.36. The number of carbonyl (C=O) groups is 5. The van der Waals surface area contributed by atoms with Gasteiger partial charge >= 0.3 is 5.97 Å². The van der Waals surface area contributed by atoms with Gasteiger partial charge in [-0.3, -0.25) is 24.1 Å². The summed E-state index contributed by atoms with van der Waals surface area (Å²) in [5.74, 6) is -2.55. The minimum Gasteiger partial charge on any atom is -0.454 e. The van der Waals surface area contributed by atoms with E-state index in [9.17, 15) is 24.0 Å². The second-order valence-electron chi connectivity index (χ2n) is 9.53. The Bertz CT molecular complexity index is 960. The van der Waals surface area contributed by atoms with E-state index in [1.165, 1.54) is 6.92 Å². The van der Waals surface area contributed by atoms with Crippen LogP contribution in [0, 0.1) is 29.6 Å². The van der Waals surface area contributed by atoms with Crippen LogP contribution in [0.5, 0.6) is 0 Å². The van der Waals surface area contributed by atoms with Gasteiger partial charge in [0.1, 0.15) is 6.04 Å². The molecule has 4 rings (SSSR count). The molecule has 0 aromatic heterocycles. The number of hydrogen-bond donors (Lipinski definition) is 2. The lowest BCUT2D eigenvalue weighted by molar-refractivity contribution is -0.162. The van der Waals surface area contributed by atoms with Crippen LogP contribution in [0.4, 0.5) is 11.4 Å². The number of rotatable bonds is 7. The summed E-state index contributed by atoms with van der Waals surface area (Å²) in [7, 11) is 0. The van der Waals surface area contributed by atoms with Crippen LogP contribution in [0.1, 0.15) is 40.0 Å². The number of amides is 4. The van der Waals surface area contributed by atoms with E-state index in [-0.39, 0.29) is 47.3 Å². The maximum atomic E-state index is 13.1. The zero-order valence-electron chi connectivity index (χ0n) is 19.0. The van der Waals surface area contributed by atoms with Gasteiger partial charge in [-0.1, -0.05) is 13.8 Å². The summed E-state index contributed by atoms with van der Waals surface area (Å²) in [6.07, 6.45) is 2.84. The summed E-state index contributed by atoms with van der Waals surface area (Å²) in [6, 6.07) is 5.44. The first-order valence-electron chi connectivity index (χ1n) is 11.4. The molecule has 2 bridgehead atoms. The monoisotopic (exact) mass is 455 g/mol. The molecule has 1 saturated heterocycles. The van der Waals surface area contributed by atoms with Gasteiger partial charge in [-0.05, 0) is 61.3 Å². The summed E-state index contributed by atoms with van der Waals surface area (Å²) < 4.78 is 5.22. The van der Waals surface area contributed by atoms with Crippen LogP contribution in [0.25, 0.3) is 0 Å². The molecule has 3 fully saturated rings. The molecule has 1 aliphatic heterocycles. The van der Waals surface area contributed by atoms with Crippen molar-refractivity contribution < 1.29 is 28.7 Å². The van der Waals surface area contributed by atoms with Crippen molar-refractivity contribution in [3.63, 3.8) is 0 Å². The van der Waals surface area contributed by atoms with Crippen molar-refractivity contribution in [2.24, 2.45) is 29.6 Å². The topological polar surface area (TPSA) is 122 Å². The minimum absolute atomic E-state index is 0.204. The lowest BCUT2D eigenvalue weighted by atomic mass is 9.81. The number of nitrogens with zero attached hydrogens (tertiary/aromatic N) is 1. The highest BCUT2D eigenvalue weighted by Crippen LogP contribution is 2.56. The van der Waals surface area contributed by atoms with Crippen molar-refractivity contribution in [1.29, 1.82) is 0 Å². The van der Waals surface area contributed by atoms with Crippen molar-refractivity contribution in [3.05, 3.63) is 24.3 Å². The Morgan fingerprint density at radius 2 is 1.48 bits per heavy atom. The smallest absolute Gasteiger partial charge is 0.330 e. The summed E-state index contributed by atoms with van der Waals surface area (Å²) in [5.41, 5.74) is 1.06. The highest BCUT2D eigenvalue weighted by atomic mass is 16.5. The maximum Gasteiger partial charge on any atom is 0.330 e. The fourth-order valence-electron chi connectivity index (χ4n) is 5.64. The van der Waals surface area contributed by atoms with Crippen LogP contribution in [0.15, 0.2) is 24.3 Å². The van der Waals surface area contributed by atoms with E-state index in [4.69, 9.17) is 4.74 Å². The van der Waals surface area contributed by atoms with E-state index in [0.717, 1.165) is 24.2 Å². The molecular weight excluding hydrogens is 426 g/mol. The van der Waals surface area contributed by atoms with Gasteiger partial charge in [0.2, 0.25) is 17.7 Å². The van der Waals surface area contributed by atoms with Gasteiger partial charge in [-0.25, -0.2) is 4.79 Å². The lowest BCUT2D eigenvalue weighted by Crippen LogP contribution is -2.50. The fraction of sp³-hybridized carbons (Fsp3) is 0.542. The summed E-state index contributed by atoms with van der Waals surface area (Å²) in [6.45, 7) is 4.37. The zero-order valence-corrected chi connectivity index (χ0v) is 19.0. The molecule has 2 N–H and O–H groups in total. The molecule has 9 nitrogen and oxygen atoms in total. The predicted octanol–water partition coefficient (Wildman–Crippen LogP) is 2.18. The third-order valence-electron chi connectivity index (χ3n) is 6.95. The zero-order chi connectivity index (χ0) is 23.9. The van der Waals surface area contributed by atoms with Gasteiger partial charge < -0.3 is 15.4 Å². The highest BCUT2D eigenvalue weighted by Gasteiger charge is 2.62. The number of esters is 1. The molecular formula is C24H29N3O6. The molecule has 3 aliphatic rings. The second-order valence-corrected chi connectivity index (χ2v) is 9.53. The van der Waals surface area contributed by atoms with Crippen LogP contribution in [0.2, 0.25) is 0 Å². The van der Waals surface area contributed by atoms with Gasteiger partial charge in [0.05, 0.1) is 11.8 Å². The summed E-state index contributed by atoms with van der Waals surface area (Å²) in [5, 5.41) is 5.23. The van der Waals surface area contributed by atoms with Gasteiger partial charge in [-0.2, -0.15) is 0 Å². The van der Waals surface area contributed by atoms with Crippen molar-refractivity contribution in [1.82, 2.24) is 4.90 Å². The molecule has 1 aromatic rings. The first kappa shape index (κ1) is 22.9. The third-order valence-corrected chi connectivity index (χ3v) is 6.95. The molecule has 0 radical (unpaired) electrons. The molecule has 1 aromatic carbocycles. The molecule has 1 heterocycles. The van der Waals surface area contributed by atoms with Crippen LogP contribution in [-0.4, -0.2) is 47.1 Å². The standard InChI is InChI=1S/C24H29N3O6/c1-12(2)21(27-22(30)19-14-4-5-15(10-14)20(19)23(27)31)24(32)33-11-18(29)26-17-8-6-16(7-9-17)25-13(3)28/h6-9,12,14-15,19-21H,4-5,10-11H2,1-3H3,(H,25,28)(H,26,29)/t14-,15-,19-,20+,21-/m0/s1. The van der Waals surface area contributed by atoms with Crippen molar-refractivity contribution in [2.75, 3.05) is 17.2 Å². The lowest BCUT2D eigenvalue weighted by Gasteiger charge is -2.28. The second kappa shape index (κ2) is 8.96.